The Kier molecular flexibility index (Phi) is 8.16. The molecule has 1 rings (SSSR count). The minimum Gasteiger partial charge on any atom is -0.480 e. The lowest BCUT2D eigenvalue weighted by molar-refractivity contribution is -0.205. The van der Waals surface area contributed by atoms with E-state index < -0.39 is 34.9 Å². The SMILES string of the molecule is CCOC(=O)C(OC(=O)C(CC)(CC)C(=O)O)(C(=O)OCC)c1ccccc1. The van der Waals surface area contributed by atoms with Crippen LogP contribution < -0.4 is 0 Å². The van der Waals surface area contributed by atoms with E-state index in [1.54, 1.807) is 18.2 Å². The quantitative estimate of drug-likeness (QED) is 0.365. The molecule has 0 unspecified atom stereocenters. The van der Waals surface area contributed by atoms with Gasteiger partial charge in [0, 0.05) is 5.56 Å². The first kappa shape index (κ1) is 23.1. The summed E-state index contributed by atoms with van der Waals surface area (Å²) in [5.74, 6) is -4.92. The second kappa shape index (κ2) is 9.87. The largest absolute Gasteiger partial charge is 0.480 e. The Balaban J connectivity index is 3.65. The number of carbonyl (C=O) groups is 4. The van der Waals surface area contributed by atoms with Crippen LogP contribution in [-0.2, 0) is 39.0 Å². The summed E-state index contributed by atoms with van der Waals surface area (Å²) in [4.78, 5) is 50.4. The molecule has 0 spiro atoms. The van der Waals surface area contributed by atoms with Crippen LogP contribution in [0.3, 0.4) is 0 Å². The summed E-state index contributed by atoms with van der Waals surface area (Å²) < 4.78 is 15.4. The van der Waals surface area contributed by atoms with Gasteiger partial charge in [-0.05, 0) is 26.7 Å². The van der Waals surface area contributed by atoms with Crippen LogP contribution in [-0.4, -0.2) is 42.2 Å². The Labute approximate surface area is 163 Å². The van der Waals surface area contributed by atoms with Crippen LogP contribution in [0, 0.1) is 5.41 Å². The molecule has 0 aromatic heterocycles. The van der Waals surface area contributed by atoms with Gasteiger partial charge in [-0.3, -0.25) is 9.59 Å². The number of carboxylic acid groups (broad SMARTS) is 1. The average Bonchev–Trinajstić information content (AvgIpc) is 2.68. The third-order valence-corrected chi connectivity index (χ3v) is 4.56. The average molecular weight is 394 g/mol. The molecule has 1 N–H and O–H groups in total. The van der Waals surface area contributed by atoms with Crippen LogP contribution >= 0.6 is 0 Å². The molecule has 0 amide bonds. The monoisotopic (exact) mass is 394 g/mol. The van der Waals surface area contributed by atoms with E-state index in [2.05, 4.69) is 0 Å². The van der Waals surface area contributed by atoms with E-state index in [9.17, 15) is 24.3 Å². The van der Waals surface area contributed by atoms with Gasteiger partial charge in [-0.15, -0.1) is 0 Å². The highest BCUT2D eigenvalue weighted by Gasteiger charge is 2.58. The first-order valence-electron chi connectivity index (χ1n) is 9.13. The van der Waals surface area contributed by atoms with Crippen LogP contribution in [0.5, 0.6) is 0 Å². The summed E-state index contributed by atoms with van der Waals surface area (Å²) in [5, 5.41) is 9.61. The molecule has 0 bridgehead atoms. The highest BCUT2D eigenvalue weighted by molar-refractivity contribution is 6.08. The molecule has 0 aliphatic heterocycles. The van der Waals surface area contributed by atoms with Crippen molar-refractivity contribution in [1.82, 2.24) is 0 Å². The smallest absolute Gasteiger partial charge is 0.367 e. The summed E-state index contributed by atoms with van der Waals surface area (Å²) in [6, 6.07) is 7.54. The van der Waals surface area contributed by atoms with Crippen molar-refractivity contribution in [3.63, 3.8) is 0 Å². The molecule has 0 radical (unpaired) electrons. The van der Waals surface area contributed by atoms with Crippen LogP contribution in [0.15, 0.2) is 30.3 Å². The van der Waals surface area contributed by atoms with Gasteiger partial charge < -0.3 is 19.3 Å². The maximum atomic E-state index is 13.0. The third-order valence-electron chi connectivity index (χ3n) is 4.56. The standard InChI is InChI=1S/C20H26O8/c1-5-19(6-2,15(21)22)16(23)28-20(17(24)26-7-3,18(25)27-8-4)14-12-10-9-11-13-14/h9-13H,5-8H2,1-4H3,(H,21,22). The van der Waals surface area contributed by atoms with Crippen molar-refractivity contribution >= 4 is 23.9 Å². The molecule has 1 aromatic carbocycles. The highest BCUT2D eigenvalue weighted by Crippen LogP contribution is 2.36. The van der Waals surface area contributed by atoms with Gasteiger partial charge in [-0.2, -0.15) is 0 Å². The number of rotatable bonds is 10. The van der Waals surface area contributed by atoms with E-state index in [4.69, 9.17) is 14.2 Å². The lowest BCUT2D eigenvalue weighted by Gasteiger charge is -2.33. The zero-order valence-electron chi connectivity index (χ0n) is 16.5. The van der Waals surface area contributed by atoms with Gasteiger partial charge in [-0.1, -0.05) is 44.2 Å². The highest BCUT2D eigenvalue weighted by atomic mass is 16.6. The van der Waals surface area contributed by atoms with Gasteiger partial charge >= 0.3 is 29.5 Å². The van der Waals surface area contributed by atoms with Crippen molar-refractivity contribution in [3.8, 4) is 0 Å². The van der Waals surface area contributed by atoms with Crippen molar-refractivity contribution in [2.24, 2.45) is 5.41 Å². The van der Waals surface area contributed by atoms with E-state index in [-0.39, 0.29) is 31.6 Å². The van der Waals surface area contributed by atoms with E-state index in [1.807, 2.05) is 0 Å². The van der Waals surface area contributed by atoms with Crippen molar-refractivity contribution < 1.29 is 38.5 Å². The normalized spacial score (nSPS) is 11.4. The van der Waals surface area contributed by atoms with Crippen molar-refractivity contribution in [2.75, 3.05) is 13.2 Å². The first-order valence-corrected chi connectivity index (χ1v) is 9.13. The number of hydrogen-bond donors (Lipinski definition) is 1. The molecule has 154 valence electrons. The number of aliphatic carboxylic acids is 1. The predicted octanol–water partition coefficient (Wildman–Crippen LogP) is 2.44. The predicted molar refractivity (Wildman–Crippen MR) is 98.1 cm³/mol. The molecule has 0 fully saturated rings. The van der Waals surface area contributed by atoms with Crippen LogP contribution in [0.2, 0.25) is 0 Å². The topological polar surface area (TPSA) is 116 Å². The van der Waals surface area contributed by atoms with Crippen LogP contribution in [0.4, 0.5) is 0 Å². The number of ether oxygens (including phenoxy) is 3. The summed E-state index contributed by atoms with van der Waals surface area (Å²) >= 11 is 0. The molecule has 0 heterocycles. The summed E-state index contributed by atoms with van der Waals surface area (Å²) in [5.41, 5.74) is -4.47. The minimum absolute atomic E-state index is 0.00625. The molecule has 28 heavy (non-hydrogen) atoms. The maximum Gasteiger partial charge on any atom is 0.367 e. The minimum atomic E-state index is -2.56. The Morgan fingerprint density at radius 3 is 1.64 bits per heavy atom. The molecule has 0 atom stereocenters. The molecule has 1 aromatic rings. The molecule has 0 saturated heterocycles. The Hall–Kier alpha value is -2.90. The van der Waals surface area contributed by atoms with Gasteiger partial charge in [0.25, 0.3) is 0 Å². The van der Waals surface area contributed by atoms with E-state index in [0.717, 1.165) is 0 Å². The summed E-state index contributed by atoms with van der Waals surface area (Å²) in [6.07, 6.45) is -0.178. The second-order valence-corrected chi connectivity index (χ2v) is 5.97. The van der Waals surface area contributed by atoms with Crippen LogP contribution in [0.25, 0.3) is 0 Å². The van der Waals surface area contributed by atoms with Gasteiger partial charge in [0.05, 0.1) is 13.2 Å². The Morgan fingerprint density at radius 1 is 0.821 bits per heavy atom. The number of carboxylic acids is 1. The zero-order chi connectivity index (χ0) is 21.4. The Bertz CT molecular complexity index is 688. The number of esters is 3. The number of benzene rings is 1. The second-order valence-electron chi connectivity index (χ2n) is 5.97. The van der Waals surface area contributed by atoms with Gasteiger partial charge in [-0.25, -0.2) is 9.59 Å². The van der Waals surface area contributed by atoms with Crippen molar-refractivity contribution in [2.45, 2.75) is 46.1 Å². The van der Waals surface area contributed by atoms with Crippen molar-refractivity contribution in [3.05, 3.63) is 35.9 Å². The zero-order valence-corrected chi connectivity index (χ0v) is 16.5. The fourth-order valence-corrected chi connectivity index (χ4v) is 2.76. The van der Waals surface area contributed by atoms with Crippen molar-refractivity contribution in [1.29, 1.82) is 0 Å². The summed E-state index contributed by atoms with van der Waals surface area (Å²) in [7, 11) is 0. The maximum absolute atomic E-state index is 13.0. The fraction of sp³-hybridized carbons (Fsp3) is 0.500. The van der Waals surface area contributed by atoms with Gasteiger partial charge in [0.1, 0.15) is 0 Å². The summed E-state index contributed by atoms with van der Waals surface area (Å²) in [6.45, 7) is 5.90. The van der Waals surface area contributed by atoms with Gasteiger partial charge in [0.2, 0.25) is 0 Å². The van der Waals surface area contributed by atoms with Crippen LogP contribution in [0.1, 0.15) is 46.1 Å². The molecule has 8 heteroatoms. The van der Waals surface area contributed by atoms with E-state index in [0.29, 0.717) is 0 Å². The molecule has 0 saturated carbocycles. The number of carbonyl (C=O) groups excluding carboxylic acids is 3. The Morgan fingerprint density at radius 2 is 1.29 bits per heavy atom. The molecule has 0 aliphatic carbocycles. The first-order chi connectivity index (χ1) is 13.3. The fourth-order valence-electron chi connectivity index (χ4n) is 2.76. The molecule has 0 aliphatic rings. The number of hydrogen-bond acceptors (Lipinski definition) is 7. The van der Waals surface area contributed by atoms with Gasteiger partial charge in [0.15, 0.2) is 5.41 Å². The molecule has 8 nitrogen and oxygen atoms in total. The van der Waals surface area contributed by atoms with E-state index >= 15 is 0 Å². The third kappa shape index (κ3) is 4.16. The molecular weight excluding hydrogens is 368 g/mol. The lowest BCUT2D eigenvalue weighted by atomic mass is 9.82. The van der Waals surface area contributed by atoms with E-state index in [1.165, 1.54) is 39.8 Å². The molecular formula is C20H26O8. The lowest BCUT2D eigenvalue weighted by Crippen LogP contribution is -2.53.